The second-order valence-electron chi connectivity index (χ2n) is 25.6. The number of rotatable bonds is 66. The minimum absolute atomic E-state index is 0.00770. The van der Waals surface area contributed by atoms with Crippen molar-refractivity contribution >= 4 is 38.0 Å². The summed E-state index contributed by atoms with van der Waals surface area (Å²) in [6.45, 7) is 22.0. The van der Waals surface area contributed by atoms with Gasteiger partial charge in [0, 0.05) is 26.2 Å². The number of aliphatic hydroxyl groups is 1. The summed E-state index contributed by atoms with van der Waals surface area (Å²) < 4.78 is 88.1. The Morgan fingerprint density at radius 1 is 0.526 bits per heavy atom. The molecule has 2 heterocycles. The molecule has 2 aliphatic rings. The van der Waals surface area contributed by atoms with Crippen molar-refractivity contribution in [2.75, 3.05) is 59.5 Å². The van der Waals surface area contributed by atoms with E-state index in [9.17, 15) is 33.6 Å². The van der Waals surface area contributed by atoms with Gasteiger partial charge in [-0.2, -0.15) is 0 Å². The minimum atomic E-state index is -4.61. The van der Waals surface area contributed by atoms with Gasteiger partial charge in [0.1, 0.15) is 68.3 Å². The van der Waals surface area contributed by atoms with E-state index < -0.39 is 107 Å². The number of phosphoric acid groups is 1. The molecule has 0 unspecified atom stereocenters. The van der Waals surface area contributed by atoms with Crippen molar-refractivity contribution in [1.29, 1.82) is 0 Å². The topological polar surface area (TPSA) is 257 Å². The third kappa shape index (κ3) is 41.4. The zero-order valence-electron chi connectivity index (χ0n) is 60.3. The number of carbonyl (C=O) groups excluding carboxylic acids is 5. The molecule has 2 fully saturated rings. The average Bonchev–Trinajstić information content (AvgIpc) is 0.792. The van der Waals surface area contributed by atoms with Gasteiger partial charge in [-0.05, 0) is 57.8 Å². The Labute approximate surface area is 584 Å². The van der Waals surface area contributed by atoms with Crippen LogP contribution in [0.2, 0.25) is 0 Å². The van der Waals surface area contributed by atoms with Crippen molar-refractivity contribution in [3.05, 3.63) is 62.8 Å². The molecule has 2 rings (SSSR count). The first-order chi connectivity index (χ1) is 47.3. The number of aliphatic hydroxyl groups excluding tert-OH is 1. The monoisotopic (exact) mass is 1390 g/mol. The zero-order valence-corrected chi connectivity index (χ0v) is 61.2. The number of hydrogen-bond acceptors (Lipinski definition) is 19. The fourth-order valence-electron chi connectivity index (χ4n) is 11.8. The normalized spacial score (nSPS) is 21.4. The molecule has 0 aromatic rings. The van der Waals surface area contributed by atoms with E-state index in [-0.39, 0.29) is 57.9 Å². The van der Waals surface area contributed by atoms with E-state index in [0.717, 1.165) is 141 Å². The van der Waals surface area contributed by atoms with E-state index >= 15 is 0 Å². The van der Waals surface area contributed by atoms with Crippen LogP contribution in [0.4, 0.5) is 4.79 Å². The van der Waals surface area contributed by atoms with Crippen LogP contribution >= 0.6 is 7.82 Å². The Morgan fingerprint density at radius 2 is 1.04 bits per heavy atom. The Balaban J connectivity index is 2.63. The average molecular weight is 1400 g/mol. The predicted octanol–water partition coefficient (Wildman–Crippen LogP) is 15.8. The molecule has 3 N–H and O–H groups in total. The largest absolute Gasteiger partial charge is 0.508 e. The van der Waals surface area contributed by atoms with Gasteiger partial charge < -0.3 is 58.4 Å². The van der Waals surface area contributed by atoms with Gasteiger partial charge in [-0.25, -0.2) is 14.2 Å². The molecule has 21 nitrogen and oxygen atoms in total. The van der Waals surface area contributed by atoms with Crippen LogP contribution in [0.3, 0.4) is 0 Å². The molecule has 22 heteroatoms. The molecule has 560 valence electrons. The zero-order chi connectivity index (χ0) is 70.8. The predicted molar refractivity (Wildman–Crippen MR) is 380 cm³/mol. The highest BCUT2D eigenvalue weighted by molar-refractivity contribution is 7.48. The second kappa shape index (κ2) is 59.6. The molecule has 11 atom stereocenters. The molecular formula is C75H131N2O19P. The number of amides is 2. The fourth-order valence-corrected chi connectivity index (χ4v) is 13.1. The summed E-state index contributed by atoms with van der Waals surface area (Å²) in [6.07, 6.45) is 32.3. The number of hydrogen-bond donors (Lipinski definition) is 3. The number of nitrogens with one attached hydrogen (secondary N) is 2. The smallest absolute Gasteiger partial charge is 0.459 e. The van der Waals surface area contributed by atoms with Gasteiger partial charge in [-0.3, -0.25) is 28.0 Å². The molecule has 0 saturated carbocycles. The Morgan fingerprint density at radius 3 is 1.62 bits per heavy atom. The lowest BCUT2D eigenvalue weighted by molar-refractivity contribution is -0.289. The molecular weight excluding hydrogens is 1260 g/mol. The number of allylic oxidation sites excluding steroid dienone is 2. The minimum Gasteiger partial charge on any atom is -0.459 e. The molecule has 0 aliphatic carbocycles. The third-order valence-corrected chi connectivity index (χ3v) is 18.6. The van der Waals surface area contributed by atoms with Crippen LogP contribution in [0, 0.1) is 0 Å². The Kier molecular flexibility index (Phi) is 54.6. The SMILES string of the molecule is C=CCOC(=O)OC[C@H]1O[C@@H](OC[C@H]2O[C@H](C(=O)OCC=C)[C@H](NC(=O)CC(=O)CCCCCCCCCCC)[C@@H](OCCCCCCCCCC)[C@@H]2O)[C@H](NC=O)[C@@H](OCC[C@@H](CCCCCCC)OCCCCCC/C=C\CCCCCC)[C@@H]1OP(=O)(OCC=C)OCC=C. The van der Waals surface area contributed by atoms with Gasteiger partial charge in [0.05, 0.1) is 38.4 Å². The number of unbranched alkanes of at least 4 members (excludes halogenated alkanes) is 27. The van der Waals surface area contributed by atoms with Gasteiger partial charge in [0.15, 0.2) is 12.4 Å². The first kappa shape index (κ1) is 89.0. The highest BCUT2D eigenvalue weighted by Crippen LogP contribution is 2.52. The number of Topliss-reactive ketones (excluding diaryl/α,β-unsaturated/α-hetero) is 1. The quantitative estimate of drug-likeness (QED) is 0.0128. The van der Waals surface area contributed by atoms with E-state index in [2.05, 4.69) is 76.8 Å². The van der Waals surface area contributed by atoms with E-state index in [4.69, 9.17) is 56.2 Å². The number of carbonyl (C=O) groups is 5. The summed E-state index contributed by atoms with van der Waals surface area (Å²) in [5, 5.41) is 18.0. The van der Waals surface area contributed by atoms with Crippen LogP contribution in [-0.2, 0) is 79.9 Å². The van der Waals surface area contributed by atoms with Gasteiger partial charge in [-0.15, -0.1) is 13.2 Å². The van der Waals surface area contributed by atoms with Gasteiger partial charge >= 0.3 is 19.9 Å². The van der Waals surface area contributed by atoms with E-state index in [1.165, 1.54) is 82.1 Å². The number of esters is 1. The maximum absolute atomic E-state index is 14.7. The number of ketones is 1. The van der Waals surface area contributed by atoms with E-state index in [0.29, 0.717) is 32.3 Å². The Bertz CT molecular complexity index is 2140. The molecule has 0 bridgehead atoms. The summed E-state index contributed by atoms with van der Waals surface area (Å²) in [6, 6.07) is -2.67. The van der Waals surface area contributed by atoms with Crippen molar-refractivity contribution in [3.63, 3.8) is 0 Å². The molecule has 2 aliphatic heterocycles. The lowest BCUT2D eigenvalue weighted by Gasteiger charge is -2.47. The highest BCUT2D eigenvalue weighted by Gasteiger charge is 2.54. The summed E-state index contributed by atoms with van der Waals surface area (Å²) >= 11 is 0. The van der Waals surface area contributed by atoms with E-state index in [1.807, 2.05) is 0 Å². The standard InChI is InChI=1S/C75H131N2O19P/c1-9-17-21-25-28-31-32-33-35-38-41-45-54-85-62(48-44-39-24-20-12-4)49-56-87-71-67(76-60-78)74(95-64(59-91-75(83)89-51-14-6)69(71)96-97(84,92-52-15-7)93-53-16-8)90-58-63-68(81)70(86-55-46-42-37-30-27-23-19-11-3)66(72(94-63)73(82)88-50-13-5)77-65(80)57-61(79)47-43-40-36-34-29-26-22-18-10-2/h13-16,31-32,60,62-64,66-72,74,81H,5-12,17-30,33-59H2,1-4H3,(H,76,78)(H,77,80)/b32-31-/t62-,63-,64-,66-,67-,68-,69-,70-,71-,72+,74-/m1/s1. The van der Waals surface area contributed by atoms with Crippen LogP contribution < -0.4 is 10.6 Å². The van der Waals surface area contributed by atoms with Crippen LogP contribution in [0.1, 0.15) is 259 Å². The molecule has 0 radical (unpaired) electrons. The van der Waals surface area contributed by atoms with Gasteiger partial charge in [-0.1, -0.05) is 238 Å². The molecule has 0 aromatic carbocycles. The van der Waals surface area contributed by atoms with E-state index in [1.54, 1.807) is 0 Å². The summed E-state index contributed by atoms with van der Waals surface area (Å²) in [5.74, 6) is -1.86. The van der Waals surface area contributed by atoms with Gasteiger partial charge in [0.25, 0.3) is 0 Å². The molecule has 0 spiro atoms. The first-order valence-corrected chi connectivity index (χ1v) is 38.8. The number of phosphoric ester groups is 1. The molecule has 0 aromatic heterocycles. The summed E-state index contributed by atoms with van der Waals surface area (Å²) in [7, 11) is -4.61. The lowest BCUT2D eigenvalue weighted by atomic mass is 9.91. The maximum Gasteiger partial charge on any atom is 0.508 e. The third-order valence-electron chi connectivity index (χ3n) is 17.2. The van der Waals surface area contributed by atoms with Crippen LogP contribution in [0.15, 0.2) is 62.8 Å². The van der Waals surface area contributed by atoms with Crippen LogP contribution in [0.5, 0.6) is 0 Å². The van der Waals surface area contributed by atoms with Crippen molar-refractivity contribution in [3.8, 4) is 0 Å². The molecule has 2 saturated heterocycles. The van der Waals surface area contributed by atoms with Crippen molar-refractivity contribution < 1.29 is 89.8 Å². The molecule has 2 amide bonds. The lowest BCUT2D eigenvalue weighted by Crippen LogP contribution is -2.68. The van der Waals surface area contributed by atoms with Crippen molar-refractivity contribution in [1.82, 2.24) is 10.6 Å². The van der Waals surface area contributed by atoms with Crippen LogP contribution in [0.25, 0.3) is 0 Å². The second-order valence-corrected chi connectivity index (χ2v) is 27.2. The molecule has 97 heavy (non-hydrogen) atoms. The number of ether oxygens (including phenoxy) is 9. The summed E-state index contributed by atoms with van der Waals surface area (Å²) in [4.78, 5) is 67.4. The maximum atomic E-state index is 14.7. The van der Waals surface area contributed by atoms with Crippen molar-refractivity contribution in [2.24, 2.45) is 0 Å². The highest BCUT2D eigenvalue weighted by atomic mass is 31.2. The Hall–Kier alpha value is -4.12. The summed E-state index contributed by atoms with van der Waals surface area (Å²) in [5.41, 5.74) is 0. The first-order valence-electron chi connectivity index (χ1n) is 37.4. The van der Waals surface area contributed by atoms with Crippen LogP contribution in [-0.4, -0.2) is 162 Å². The van der Waals surface area contributed by atoms with Gasteiger partial charge in [0.2, 0.25) is 12.3 Å². The van der Waals surface area contributed by atoms with Crippen molar-refractivity contribution in [2.45, 2.75) is 326 Å². The fraction of sp³-hybridized carbons (Fsp3) is 0.800.